The van der Waals surface area contributed by atoms with E-state index in [4.69, 9.17) is 0 Å². The number of rotatable bonds is 6. The Morgan fingerprint density at radius 2 is 0.817 bits per heavy atom. The molecule has 12 rings (SSSR count). The van der Waals surface area contributed by atoms with Gasteiger partial charge in [-0.25, -0.2) is 0 Å². The van der Waals surface area contributed by atoms with Crippen LogP contribution in [-0.2, 0) is 0 Å². The van der Waals surface area contributed by atoms with Gasteiger partial charge in [-0.15, -0.1) is 0 Å². The number of fused-ring (bicyclic) bond motifs is 9. The number of aromatic nitrogens is 1. The summed E-state index contributed by atoms with van der Waals surface area (Å²) in [4.78, 5) is 2.49. The highest BCUT2D eigenvalue weighted by Gasteiger charge is 2.24. The highest BCUT2D eigenvalue weighted by molar-refractivity contribution is 6.23. The van der Waals surface area contributed by atoms with Crippen molar-refractivity contribution < 1.29 is 0 Å². The summed E-state index contributed by atoms with van der Waals surface area (Å²) in [6, 6.07) is 84.4. The van der Waals surface area contributed by atoms with E-state index in [-0.39, 0.29) is 0 Å². The molecule has 0 bridgehead atoms. The van der Waals surface area contributed by atoms with Gasteiger partial charge in [0.25, 0.3) is 0 Å². The first-order valence-electron chi connectivity index (χ1n) is 20.7. The fourth-order valence-corrected chi connectivity index (χ4v) is 9.74. The van der Waals surface area contributed by atoms with Gasteiger partial charge in [-0.3, -0.25) is 0 Å². The van der Waals surface area contributed by atoms with Crippen LogP contribution in [0.2, 0.25) is 0 Å². The third kappa shape index (κ3) is 5.35. The Bertz CT molecular complexity index is 3590. The number of nitrogens with zero attached hydrogens (tertiary/aromatic N) is 2. The van der Waals surface area contributed by atoms with E-state index in [1.54, 1.807) is 0 Å². The molecular weight excluding hydrogens is 725 g/mol. The van der Waals surface area contributed by atoms with Gasteiger partial charge in [0.1, 0.15) is 0 Å². The normalized spacial score (nSPS) is 11.7. The maximum Gasteiger partial charge on any atom is 0.0562 e. The lowest BCUT2D eigenvalue weighted by molar-refractivity contribution is 1.18. The Balaban J connectivity index is 1.20. The minimum atomic E-state index is 1.10. The molecule has 11 aromatic carbocycles. The molecule has 12 aromatic rings. The first-order chi connectivity index (χ1) is 29.8. The maximum atomic E-state index is 2.49. The zero-order valence-corrected chi connectivity index (χ0v) is 32.8. The van der Waals surface area contributed by atoms with Gasteiger partial charge in [-0.05, 0) is 120 Å². The van der Waals surface area contributed by atoms with E-state index in [1.807, 2.05) is 0 Å². The van der Waals surface area contributed by atoms with Crippen molar-refractivity contribution in [2.45, 2.75) is 0 Å². The molecule has 0 spiro atoms. The van der Waals surface area contributed by atoms with Gasteiger partial charge in [0.2, 0.25) is 0 Å². The standard InChI is InChI=1S/C58H38N2/c1-4-18-40(19-5-1)56-50-26-13-12-25-48(50)49-36-34-45(38-52(49)57(56)41-20-6-2-7-21-41)59(44-33-35-47-42(37-44)32-31-39-17-10-11-24-46(39)47)54-29-16-30-55-58(54)51-27-14-15-28-53(51)60(55)43-22-8-3-9-23-43/h1-38H. The van der Waals surface area contributed by atoms with Gasteiger partial charge in [-0.1, -0.05) is 176 Å². The summed E-state index contributed by atoms with van der Waals surface area (Å²) in [5.41, 5.74) is 11.7. The molecule has 0 aliphatic heterocycles. The average Bonchev–Trinajstić information content (AvgIpc) is 3.67. The van der Waals surface area contributed by atoms with Gasteiger partial charge in [0.05, 0.1) is 16.7 Å². The fraction of sp³-hybridized carbons (Fsp3) is 0. The van der Waals surface area contributed by atoms with E-state index in [2.05, 4.69) is 240 Å². The SMILES string of the molecule is c1ccc(-c2c(-c3ccccc3)c3cc(N(c4ccc5c(ccc6ccccc65)c4)c4cccc5c4c4ccccc4n5-c4ccccc4)ccc3c3ccccc23)cc1. The van der Waals surface area contributed by atoms with Crippen molar-refractivity contribution in [1.82, 2.24) is 4.57 Å². The Labute approximate surface area is 348 Å². The van der Waals surface area contributed by atoms with Crippen LogP contribution in [-0.4, -0.2) is 4.57 Å². The van der Waals surface area contributed by atoms with Crippen LogP contribution in [0.5, 0.6) is 0 Å². The topological polar surface area (TPSA) is 8.17 Å². The van der Waals surface area contributed by atoms with Crippen molar-refractivity contribution in [2.24, 2.45) is 0 Å². The number of para-hydroxylation sites is 2. The summed E-state index contributed by atoms with van der Waals surface area (Å²) >= 11 is 0. The fourth-order valence-electron chi connectivity index (χ4n) is 9.74. The number of hydrogen-bond acceptors (Lipinski definition) is 1. The van der Waals surface area contributed by atoms with Crippen LogP contribution < -0.4 is 4.90 Å². The zero-order chi connectivity index (χ0) is 39.6. The van der Waals surface area contributed by atoms with Crippen molar-refractivity contribution in [3.63, 3.8) is 0 Å². The van der Waals surface area contributed by atoms with E-state index < -0.39 is 0 Å². The van der Waals surface area contributed by atoms with E-state index in [0.717, 1.165) is 22.7 Å². The predicted octanol–water partition coefficient (Wildman–Crippen LogP) is 16.2. The molecule has 0 unspecified atom stereocenters. The third-order valence-electron chi connectivity index (χ3n) is 12.3. The molecule has 0 atom stereocenters. The quantitative estimate of drug-likeness (QED) is 0.153. The highest BCUT2D eigenvalue weighted by Crippen LogP contribution is 2.49. The van der Waals surface area contributed by atoms with Crippen LogP contribution in [0.4, 0.5) is 17.1 Å². The van der Waals surface area contributed by atoms with Gasteiger partial charge in [0.15, 0.2) is 0 Å². The predicted molar refractivity (Wildman–Crippen MR) is 256 cm³/mol. The Morgan fingerprint density at radius 1 is 0.300 bits per heavy atom. The van der Waals surface area contributed by atoms with Crippen LogP contribution in [0, 0.1) is 0 Å². The first-order valence-corrected chi connectivity index (χ1v) is 20.7. The summed E-state index contributed by atoms with van der Waals surface area (Å²) in [6.45, 7) is 0. The Morgan fingerprint density at radius 3 is 1.57 bits per heavy atom. The number of hydrogen-bond donors (Lipinski definition) is 0. The van der Waals surface area contributed by atoms with Gasteiger partial charge >= 0.3 is 0 Å². The number of benzene rings is 11. The van der Waals surface area contributed by atoms with Crippen LogP contribution in [0.25, 0.3) is 92.8 Å². The van der Waals surface area contributed by atoms with Gasteiger partial charge in [0, 0.05) is 27.8 Å². The lowest BCUT2D eigenvalue weighted by atomic mass is 9.85. The monoisotopic (exact) mass is 762 g/mol. The van der Waals surface area contributed by atoms with E-state index in [0.29, 0.717) is 0 Å². The van der Waals surface area contributed by atoms with Crippen molar-refractivity contribution in [1.29, 1.82) is 0 Å². The summed E-state index contributed by atoms with van der Waals surface area (Å²) < 4.78 is 2.41. The highest BCUT2D eigenvalue weighted by atomic mass is 15.1. The van der Waals surface area contributed by atoms with Crippen molar-refractivity contribution >= 4 is 82.0 Å². The maximum absolute atomic E-state index is 2.49. The van der Waals surface area contributed by atoms with Crippen molar-refractivity contribution in [3.8, 4) is 27.9 Å². The molecule has 2 nitrogen and oxygen atoms in total. The molecule has 1 heterocycles. The molecule has 2 heteroatoms. The summed E-state index contributed by atoms with van der Waals surface area (Å²) in [6.07, 6.45) is 0. The van der Waals surface area contributed by atoms with Crippen LogP contribution in [0.1, 0.15) is 0 Å². The Hall–Kier alpha value is -7.94. The van der Waals surface area contributed by atoms with Crippen molar-refractivity contribution in [3.05, 3.63) is 231 Å². The molecule has 0 aliphatic carbocycles. The second-order valence-electron chi connectivity index (χ2n) is 15.6. The molecule has 0 N–H and O–H groups in total. The summed E-state index contributed by atoms with van der Waals surface area (Å²) in [5.74, 6) is 0. The van der Waals surface area contributed by atoms with E-state index in [9.17, 15) is 0 Å². The Kier molecular flexibility index (Phi) is 7.89. The van der Waals surface area contributed by atoms with Crippen LogP contribution in [0.15, 0.2) is 231 Å². The molecular formula is C58H38N2. The molecule has 60 heavy (non-hydrogen) atoms. The molecule has 0 fully saturated rings. The smallest absolute Gasteiger partial charge is 0.0562 e. The van der Waals surface area contributed by atoms with Gasteiger partial charge < -0.3 is 9.47 Å². The largest absolute Gasteiger partial charge is 0.310 e. The number of anilines is 3. The second-order valence-corrected chi connectivity index (χ2v) is 15.6. The third-order valence-corrected chi connectivity index (χ3v) is 12.3. The lowest BCUT2D eigenvalue weighted by Gasteiger charge is -2.28. The van der Waals surface area contributed by atoms with Crippen molar-refractivity contribution in [2.75, 3.05) is 4.90 Å². The average molecular weight is 763 g/mol. The van der Waals surface area contributed by atoms with E-state index >= 15 is 0 Å². The molecule has 0 saturated carbocycles. The summed E-state index contributed by atoms with van der Waals surface area (Å²) in [5, 5.41) is 12.3. The lowest BCUT2D eigenvalue weighted by Crippen LogP contribution is -2.10. The minimum absolute atomic E-state index is 1.10. The minimum Gasteiger partial charge on any atom is -0.310 e. The van der Waals surface area contributed by atoms with E-state index in [1.165, 1.54) is 87.1 Å². The second kappa shape index (κ2) is 13.9. The van der Waals surface area contributed by atoms with Crippen LogP contribution in [0.3, 0.4) is 0 Å². The molecule has 0 amide bonds. The zero-order valence-electron chi connectivity index (χ0n) is 32.8. The molecule has 0 radical (unpaired) electrons. The summed E-state index contributed by atoms with van der Waals surface area (Å²) in [7, 11) is 0. The van der Waals surface area contributed by atoms with Crippen LogP contribution >= 0.6 is 0 Å². The first kappa shape index (κ1) is 34.1. The molecule has 280 valence electrons. The van der Waals surface area contributed by atoms with Gasteiger partial charge in [-0.2, -0.15) is 0 Å². The molecule has 1 aromatic heterocycles. The molecule has 0 aliphatic rings. The molecule has 0 saturated heterocycles.